The third-order valence-corrected chi connectivity index (χ3v) is 7.13. The summed E-state index contributed by atoms with van der Waals surface area (Å²) in [6.45, 7) is 9.39. The number of hydrogen-bond donors (Lipinski definition) is 0. The molecule has 3 nitrogen and oxygen atoms in total. The maximum atomic E-state index is 12.6. The minimum absolute atomic E-state index is 0.495. The number of rotatable bonds is 3. The van der Waals surface area contributed by atoms with Gasteiger partial charge in [0.25, 0.3) is 0 Å². The van der Waals surface area contributed by atoms with Crippen LogP contribution < -0.4 is 3.44 Å². The van der Waals surface area contributed by atoms with Crippen LogP contribution in [0.25, 0.3) is 11.1 Å². The molecule has 0 radical (unpaired) electrons. The molecule has 2 rings (SSSR count). The average molecular weight is 537 g/mol. The quantitative estimate of drug-likeness (QED) is 0.538. The Balaban J connectivity index is 2.74. The first-order valence-corrected chi connectivity index (χ1v) is 11.1. The van der Waals surface area contributed by atoms with Crippen LogP contribution in [0.15, 0.2) is 24.3 Å². The summed E-state index contributed by atoms with van der Waals surface area (Å²) in [6, 6.07) is 8.20. The van der Waals surface area contributed by atoms with Crippen LogP contribution in [0.2, 0.25) is 0 Å². The first kappa shape index (κ1) is 18.7. The van der Waals surface area contributed by atoms with Crippen LogP contribution in [-0.2, 0) is 7.86 Å². The molecule has 0 saturated carbocycles. The topological polar surface area (TPSA) is 49.4 Å². The van der Waals surface area contributed by atoms with E-state index in [1.807, 2.05) is 19.9 Å². The predicted molar refractivity (Wildman–Crippen MR) is 108 cm³/mol. The Hall–Kier alpha value is -0.670. The van der Waals surface area contributed by atoms with E-state index in [4.69, 9.17) is 3.07 Å². The van der Waals surface area contributed by atoms with E-state index in [0.29, 0.717) is 3.57 Å². The molecular weight excluding hydrogens is 518 g/mol. The van der Waals surface area contributed by atoms with Gasteiger partial charge in [-0.3, -0.25) is 0 Å². The first-order chi connectivity index (χ1) is 10.7. The summed E-state index contributed by atoms with van der Waals surface area (Å²) in [7, 11) is 0. The molecule has 0 fully saturated rings. The monoisotopic (exact) mass is 537 g/mol. The Morgan fingerprint density at radius 1 is 1.00 bits per heavy atom. The van der Waals surface area contributed by atoms with Gasteiger partial charge in [-0.15, -0.1) is 0 Å². The molecule has 0 aliphatic rings. The summed E-state index contributed by atoms with van der Waals surface area (Å²) in [4.78, 5) is 11.2. The summed E-state index contributed by atoms with van der Waals surface area (Å²) < 4.78 is 19.5. The first-order valence-electron chi connectivity index (χ1n) is 7.15. The van der Waals surface area contributed by atoms with Crippen LogP contribution >= 0.6 is 43.2 Å². The Bertz CT molecular complexity index is 746. The van der Waals surface area contributed by atoms with Gasteiger partial charge in [0, 0.05) is 0 Å². The number of aryl methyl sites for hydroxylation is 4. The van der Waals surface area contributed by atoms with E-state index in [1.165, 1.54) is 12.5 Å². The second-order valence-electron chi connectivity index (χ2n) is 5.66. The van der Waals surface area contributed by atoms with Gasteiger partial charge in [0.2, 0.25) is 0 Å². The molecule has 2 aromatic carbocycles. The van der Waals surface area contributed by atoms with Crippen LogP contribution in [-0.4, -0.2) is 5.97 Å². The number of carbonyl (C=O) groups excluding carboxylic acids is 1. The van der Waals surface area contributed by atoms with Crippen molar-refractivity contribution in [3.63, 3.8) is 0 Å². The van der Waals surface area contributed by atoms with Crippen molar-refractivity contribution in [2.75, 3.05) is 0 Å². The molecule has 2 aromatic rings. The molecular formula is C18H19I2O3-. The molecule has 23 heavy (non-hydrogen) atoms. The van der Waals surface area contributed by atoms with Crippen molar-refractivity contribution in [2.45, 2.75) is 34.6 Å². The van der Waals surface area contributed by atoms with Crippen molar-refractivity contribution in [2.24, 2.45) is 0 Å². The molecule has 0 heterocycles. The van der Waals surface area contributed by atoms with Crippen LogP contribution in [0.1, 0.15) is 29.2 Å². The second-order valence-corrected chi connectivity index (χ2v) is 9.67. The summed E-state index contributed by atoms with van der Waals surface area (Å²) in [5.74, 6) is -0.495. The van der Waals surface area contributed by atoms with E-state index in [0.717, 1.165) is 31.4 Å². The van der Waals surface area contributed by atoms with Crippen LogP contribution in [0.4, 0.5) is 0 Å². The fraction of sp³-hybridized carbons (Fsp3) is 0.278. The van der Waals surface area contributed by atoms with Gasteiger partial charge < -0.3 is 0 Å². The van der Waals surface area contributed by atoms with Gasteiger partial charge in [-0.1, -0.05) is 0 Å². The van der Waals surface area contributed by atoms with Crippen LogP contribution in [0.5, 0.6) is 0 Å². The molecule has 0 amide bonds. The standard InChI is InChI=1S/C18H19I2O3/c1-10-6-12(3)17(15(19)8-10)18-13(4)7-11(2)9-16(18)20(22)23-14(5)21/h6-9H,1-5H3/q-1. The van der Waals surface area contributed by atoms with Crippen molar-refractivity contribution in [3.8, 4) is 11.1 Å². The number of benzene rings is 2. The van der Waals surface area contributed by atoms with Gasteiger partial charge in [0.15, 0.2) is 0 Å². The maximum absolute atomic E-state index is 12.6. The molecule has 0 spiro atoms. The molecule has 0 aliphatic carbocycles. The third-order valence-electron chi connectivity index (χ3n) is 3.46. The zero-order valence-corrected chi connectivity index (χ0v) is 18.1. The Labute approximate surface area is 159 Å². The van der Waals surface area contributed by atoms with Gasteiger partial charge in [0.05, 0.1) is 0 Å². The van der Waals surface area contributed by atoms with Gasteiger partial charge in [-0.25, -0.2) is 0 Å². The van der Waals surface area contributed by atoms with E-state index < -0.39 is 26.6 Å². The Morgan fingerprint density at radius 3 is 2.04 bits per heavy atom. The van der Waals surface area contributed by atoms with Crippen molar-refractivity contribution >= 4 is 49.2 Å². The van der Waals surface area contributed by atoms with E-state index in [9.17, 15) is 8.23 Å². The molecule has 0 aromatic heterocycles. The van der Waals surface area contributed by atoms with Gasteiger partial charge >= 0.3 is 160 Å². The summed E-state index contributed by atoms with van der Waals surface area (Å²) in [5.41, 5.74) is 6.42. The molecule has 0 atom stereocenters. The fourth-order valence-electron chi connectivity index (χ4n) is 2.73. The SMILES string of the molecule is CC(=O)OI([O-])c1cc(C)cc(C)c1-c1c(C)cc(C)cc1I. The van der Waals surface area contributed by atoms with Gasteiger partial charge in [-0.05, 0) is 0 Å². The Kier molecular flexibility index (Phi) is 6.07. The van der Waals surface area contributed by atoms with Crippen molar-refractivity contribution < 1.29 is 11.3 Å². The van der Waals surface area contributed by atoms with E-state index in [-0.39, 0.29) is 0 Å². The number of carbonyl (C=O) groups is 1. The molecule has 0 aliphatic heterocycles. The molecule has 0 bridgehead atoms. The zero-order chi connectivity index (χ0) is 17.3. The van der Waals surface area contributed by atoms with Crippen LogP contribution in [0.3, 0.4) is 0 Å². The van der Waals surface area contributed by atoms with E-state index in [2.05, 4.69) is 54.6 Å². The number of hydrogen-bond acceptors (Lipinski definition) is 3. The second kappa shape index (κ2) is 7.48. The normalized spacial score (nSPS) is 11.3. The zero-order valence-electron chi connectivity index (χ0n) is 13.8. The summed E-state index contributed by atoms with van der Waals surface area (Å²) in [6.07, 6.45) is 0. The summed E-state index contributed by atoms with van der Waals surface area (Å²) >= 11 is -0.921. The summed E-state index contributed by atoms with van der Waals surface area (Å²) in [5, 5.41) is 0. The average Bonchev–Trinajstić information content (AvgIpc) is 2.38. The molecule has 5 heteroatoms. The van der Waals surface area contributed by atoms with Gasteiger partial charge in [0.1, 0.15) is 0 Å². The molecule has 124 valence electrons. The van der Waals surface area contributed by atoms with Crippen LogP contribution in [0, 0.1) is 34.8 Å². The fourth-order valence-corrected chi connectivity index (χ4v) is 6.59. The van der Waals surface area contributed by atoms with Crippen molar-refractivity contribution in [3.05, 3.63) is 53.7 Å². The van der Waals surface area contributed by atoms with Crippen molar-refractivity contribution in [1.82, 2.24) is 0 Å². The molecule has 0 N–H and O–H groups in total. The molecule has 0 saturated heterocycles. The van der Waals surface area contributed by atoms with E-state index in [1.54, 1.807) is 0 Å². The Morgan fingerprint density at radius 2 is 1.52 bits per heavy atom. The molecule has 0 unspecified atom stereocenters. The van der Waals surface area contributed by atoms with E-state index >= 15 is 0 Å². The van der Waals surface area contributed by atoms with Crippen molar-refractivity contribution in [1.29, 1.82) is 0 Å². The third kappa shape index (κ3) is 4.24. The van der Waals surface area contributed by atoms with Gasteiger partial charge in [-0.2, -0.15) is 0 Å². The number of halogens is 2. The predicted octanol–water partition coefficient (Wildman–Crippen LogP) is 4.62. The minimum atomic E-state index is -3.24.